The molecule has 0 aliphatic rings. The van der Waals surface area contributed by atoms with Crippen LogP contribution in [0.4, 0.5) is 0 Å². The Labute approximate surface area is 174 Å². The van der Waals surface area contributed by atoms with Gasteiger partial charge in [0.15, 0.2) is 6.61 Å². The first-order valence-electron chi connectivity index (χ1n) is 8.57. The van der Waals surface area contributed by atoms with Crippen LogP contribution >= 0.6 is 23.2 Å². The van der Waals surface area contributed by atoms with E-state index >= 15 is 0 Å². The summed E-state index contributed by atoms with van der Waals surface area (Å²) in [6, 6.07) is 11.3. The van der Waals surface area contributed by atoms with E-state index in [9.17, 15) is 9.59 Å². The largest absolute Gasteiger partial charge is 0.497 e. The van der Waals surface area contributed by atoms with Crippen LogP contribution in [-0.2, 0) is 16.1 Å². The van der Waals surface area contributed by atoms with Gasteiger partial charge in [0.25, 0.3) is 5.91 Å². The van der Waals surface area contributed by atoms with Crippen molar-refractivity contribution in [1.82, 2.24) is 10.2 Å². The highest BCUT2D eigenvalue weighted by Gasteiger charge is 2.26. The average Bonchev–Trinajstić information content (AvgIpc) is 2.70. The van der Waals surface area contributed by atoms with Gasteiger partial charge in [0.2, 0.25) is 5.91 Å². The van der Waals surface area contributed by atoms with Gasteiger partial charge in [-0.1, -0.05) is 35.3 Å². The molecule has 0 bridgehead atoms. The SMILES string of the molecule is CNC(=O)[C@H](C)N(Cc1ccc(OC)cc1)C(=O)COc1ccc(Cl)cc1Cl. The van der Waals surface area contributed by atoms with Crippen LogP contribution in [0, 0.1) is 0 Å². The number of likely N-dealkylation sites (N-methyl/N-ethyl adjacent to an activating group) is 1. The molecule has 1 N–H and O–H groups in total. The standard InChI is InChI=1S/C20H22Cl2N2O4/c1-13(20(26)23-2)24(11-14-4-7-16(27-3)8-5-14)19(25)12-28-18-9-6-15(21)10-17(18)22/h4-10,13H,11-12H2,1-3H3,(H,23,26)/t13-/m0/s1. The fourth-order valence-corrected chi connectivity index (χ4v) is 3.00. The first-order valence-corrected chi connectivity index (χ1v) is 9.33. The summed E-state index contributed by atoms with van der Waals surface area (Å²) in [5.41, 5.74) is 0.856. The molecule has 0 saturated carbocycles. The summed E-state index contributed by atoms with van der Waals surface area (Å²) in [6.07, 6.45) is 0. The molecule has 0 heterocycles. The molecule has 0 spiro atoms. The summed E-state index contributed by atoms with van der Waals surface area (Å²) in [6.45, 7) is 1.64. The molecule has 2 amide bonds. The second-order valence-electron chi connectivity index (χ2n) is 6.02. The Hall–Kier alpha value is -2.44. The zero-order valence-corrected chi connectivity index (χ0v) is 17.4. The van der Waals surface area contributed by atoms with Gasteiger partial charge in [-0.25, -0.2) is 0 Å². The van der Waals surface area contributed by atoms with Crippen molar-refractivity contribution in [3.05, 3.63) is 58.1 Å². The highest BCUT2D eigenvalue weighted by molar-refractivity contribution is 6.35. The summed E-state index contributed by atoms with van der Waals surface area (Å²) in [5.74, 6) is 0.433. The minimum Gasteiger partial charge on any atom is -0.497 e. The number of benzene rings is 2. The molecule has 150 valence electrons. The number of nitrogens with one attached hydrogen (secondary N) is 1. The number of hydrogen-bond donors (Lipinski definition) is 1. The number of amides is 2. The van der Waals surface area contributed by atoms with E-state index in [2.05, 4.69) is 5.32 Å². The lowest BCUT2D eigenvalue weighted by Crippen LogP contribution is -2.48. The lowest BCUT2D eigenvalue weighted by molar-refractivity contribution is -0.142. The molecule has 1 atom stereocenters. The maximum absolute atomic E-state index is 12.8. The summed E-state index contributed by atoms with van der Waals surface area (Å²) >= 11 is 11.9. The molecule has 2 rings (SSSR count). The Kier molecular flexibility index (Phi) is 7.96. The molecule has 0 fully saturated rings. The number of carbonyl (C=O) groups excluding carboxylic acids is 2. The number of halogens is 2. The monoisotopic (exact) mass is 424 g/mol. The van der Waals surface area contributed by atoms with E-state index in [0.29, 0.717) is 21.5 Å². The van der Waals surface area contributed by atoms with Gasteiger partial charge < -0.3 is 19.7 Å². The molecule has 0 radical (unpaired) electrons. The van der Waals surface area contributed by atoms with Crippen LogP contribution in [0.3, 0.4) is 0 Å². The van der Waals surface area contributed by atoms with Crippen LogP contribution in [0.1, 0.15) is 12.5 Å². The topological polar surface area (TPSA) is 67.9 Å². The summed E-state index contributed by atoms with van der Waals surface area (Å²) in [7, 11) is 3.11. The molecular formula is C20H22Cl2N2O4. The van der Waals surface area contributed by atoms with Gasteiger partial charge in [0.1, 0.15) is 17.5 Å². The Balaban J connectivity index is 2.14. The summed E-state index contributed by atoms with van der Waals surface area (Å²) < 4.78 is 10.7. The van der Waals surface area contributed by atoms with Gasteiger partial charge in [-0.05, 0) is 42.8 Å². The van der Waals surface area contributed by atoms with Crippen LogP contribution in [-0.4, -0.2) is 43.5 Å². The normalized spacial score (nSPS) is 11.5. The number of methoxy groups -OCH3 is 1. The molecule has 0 unspecified atom stereocenters. The van der Waals surface area contributed by atoms with E-state index in [4.69, 9.17) is 32.7 Å². The van der Waals surface area contributed by atoms with Crippen molar-refractivity contribution in [2.24, 2.45) is 0 Å². The quantitative estimate of drug-likeness (QED) is 0.703. The lowest BCUT2D eigenvalue weighted by atomic mass is 10.1. The van der Waals surface area contributed by atoms with Gasteiger partial charge in [0.05, 0.1) is 12.1 Å². The van der Waals surface area contributed by atoms with Crippen molar-refractivity contribution in [3.63, 3.8) is 0 Å². The Bertz CT molecular complexity index is 827. The second-order valence-corrected chi connectivity index (χ2v) is 6.87. The van der Waals surface area contributed by atoms with Crippen LogP contribution in [0.2, 0.25) is 10.0 Å². The van der Waals surface area contributed by atoms with Gasteiger partial charge >= 0.3 is 0 Å². The van der Waals surface area contributed by atoms with E-state index in [0.717, 1.165) is 5.56 Å². The Morgan fingerprint density at radius 3 is 2.39 bits per heavy atom. The number of hydrogen-bond acceptors (Lipinski definition) is 4. The van der Waals surface area contributed by atoms with E-state index < -0.39 is 6.04 Å². The smallest absolute Gasteiger partial charge is 0.261 e. The predicted molar refractivity (Wildman–Crippen MR) is 109 cm³/mol. The van der Waals surface area contributed by atoms with Crippen LogP contribution in [0.5, 0.6) is 11.5 Å². The lowest BCUT2D eigenvalue weighted by Gasteiger charge is -2.28. The second kappa shape index (κ2) is 10.2. The van der Waals surface area contributed by atoms with E-state index in [1.54, 1.807) is 38.3 Å². The third-order valence-corrected chi connectivity index (χ3v) is 4.70. The Morgan fingerprint density at radius 2 is 1.82 bits per heavy atom. The molecule has 0 saturated heterocycles. The molecule has 6 nitrogen and oxygen atoms in total. The molecule has 8 heteroatoms. The predicted octanol–water partition coefficient (Wildman–Crippen LogP) is 3.54. The van der Waals surface area contributed by atoms with Crippen LogP contribution < -0.4 is 14.8 Å². The first kappa shape index (κ1) is 21.9. The Morgan fingerprint density at radius 1 is 1.14 bits per heavy atom. The van der Waals surface area contributed by atoms with Crippen LogP contribution in [0.25, 0.3) is 0 Å². The molecule has 28 heavy (non-hydrogen) atoms. The summed E-state index contributed by atoms with van der Waals surface area (Å²) in [4.78, 5) is 26.4. The summed E-state index contributed by atoms with van der Waals surface area (Å²) in [5, 5.41) is 3.34. The van der Waals surface area contributed by atoms with E-state index in [1.807, 2.05) is 12.1 Å². The number of rotatable bonds is 8. The fraction of sp³-hybridized carbons (Fsp3) is 0.300. The van der Waals surface area contributed by atoms with Crippen molar-refractivity contribution in [2.75, 3.05) is 20.8 Å². The van der Waals surface area contributed by atoms with Crippen molar-refractivity contribution in [2.45, 2.75) is 19.5 Å². The zero-order valence-electron chi connectivity index (χ0n) is 15.9. The van der Waals surface area contributed by atoms with Crippen LogP contribution in [0.15, 0.2) is 42.5 Å². The molecule has 0 aliphatic carbocycles. The number of carbonyl (C=O) groups is 2. The van der Waals surface area contributed by atoms with Gasteiger partial charge in [0, 0.05) is 18.6 Å². The molecule has 2 aromatic carbocycles. The highest BCUT2D eigenvalue weighted by atomic mass is 35.5. The maximum atomic E-state index is 12.8. The third-order valence-electron chi connectivity index (χ3n) is 4.17. The van der Waals surface area contributed by atoms with Gasteiger partial charge in [-0.2, -0.15) is 0 Å². The van der Waals surface area contributed by atoms with Crippen molar-refractivity contribution in [3.8, 4) is 11.5 Å². The minimum absolute atomic E-state index is 0.245. The van der Waals surface area contributed by atoms with Gasteiger partial charge in [-0.15, -0.1) is 0 Å². The zero-order chi connectivity index (χ0) is 20.7. The molecule has 0 aliphatic heterocycles. The van der Waals surface area contributed by atoms with E-state index in [1.165, 1.54) is 18.0 Å². The average molecular weight is 425 g/mol. The highest BCUT2D eigenvalue weighted by Crippen LogP contribution is 2.27. The van der Waals surface area contributed by atoms with E-state index in [-0.39, 0.29) is 25.0 Å². The van der Waals surface area contributed by atoms with Gasteiger partial charge in [-0.3, -0.25) is 9.59 Å². The van der Waals surface area contributed by atoms with Crippen molar-refractivity contribution >= 4 is 35.0 Å². The first-order chi connectivity index (χ1) is 13.3. The molecule has 0 aromatic heterocycles. The molecule has 2 aromatic rings. The third kappa shape index (κ3) is 5.78. The fourth-order valence-electron chi connectivity index (χ4n) is 2.53. The maximum Gasteiger partial charge on any atom is 0.261 e. The number of ether oxygens (including phenoxy) is 2. The number of nitrogens with zero attached hydrogens (tertiary/aromatic N) is 1. The molecular weight excluding hydrogens is 403 g/mol. The minimum atomic E-state index is -0.677. The van der Waals surface area contributed by atoms with Crippen molar-refractivity contribution in [1.29, 1.82) is 0 Å². The van der Waals surface area contributed by atoms with Crippen molar-refractivity contribution < 1.29 is 19.1 Å².